The molecule has 6 nitrogen and oxygen atoms in total. The van der Waals surface area contributed by atoms with Crippen molar-refractivity contribution in [2.24, 2.45) is 0 Å². The number of halogens is 4. The highest BCUT2D eigenvalue weighted by molar-refractivity contribution is 6.06. The van der Waals surface area contributed by atoms with Gasteiger partial charge in [0.1, 0.15) is 11.5 Å². The number of carbonyl (C=O) groups is 1. The minimum atomic E-state index is -4.75. The summed E-state index contributed by atoms with van der Waals surface area (Å²) in [5.74, 6) is -1.49. The average molecular weight is 487 g/mol. The van der Waals surface area contributed by atoms with Crippen LogP contribution in [0.5, 0.6) is 0 Å². The van der Waals surface area contributed by atoms with Crippen molar-refractivity contribution < 1.29 is 31.8 Å². The normalized spacial score (nSPS) is 11.7. The molecule has 0 fully saturated rings. The number of amides is 1. The number of nitrogens with one attached hydrogen (secondary N) is 1. The summed E-state index contributed by atoms with van der Waals surface area (Å²) < 4.78 is 66.4. The average Bonchev–Trinajstić information content (AvgIpc) is 3.25. The molecule has 0 unspecified atom stereocenters. The van der Waals surface area contributed by atoms with Crippen LogP contribution in [-0.2, 0) is 22.3 Å². The monoisotopic (exact) mass is 487 g/mol. The SMILES string of the molecule is COCCOCc1cn2cccc(-c3ccc(C(F)(F)F)c(C(=O)Nc4ccc(F)cc4)c3)c2n1. The van der Waals surface area contributed by atoms with Crippen molar-refractivity contribution >= 4 is 17.2 Å². The van der Waals surface area contributed by atoms with Gasteiger partial charge in [0.05, 0.1) is 36.6 Å². The Morgan fingerprint density at radius 3 is 2.57 bits per heavy atom. The molecule has 2 aromatic heterocycles. The molecule has 4 aromatic rings. The number of methoxy groups -OCH3 is 1. The molecule has 0 spiro atoms. The van der Waals surface area contributed by atoms with Crippen LogP contribution in [0.15, 0.2) is 67.0 Å². The molecule has 0 saturated heterocycles. The van der Waals surface area contributed by atoms with Crippen molar-refractivity contribution in [1.29, 1.82) is 0 Å². The molecule has 0 bridgehead atoms. The third-order valence-electron chi connectivity index (χ3n) is 5.20. The van der Waals surface area contributed by atoms with E-state index in [1.165, 1.54) is 24.3 Å². The van der Waals surface area contributed by atoms with Crippen molar-refractivity contribution in [1.82, 2.24) is 9.38 Å². The maximum atomic E-state index is 13.7. The lowest BCUT2D eigenvalue weighted by atomic mass is 9.98. The van der Waals surface area contributed by atoms with Gasteiger partial charge in [-0.05, 0) is 54.1 Å². The molecular formula is C25H21F4N3O3. The Labute approximate surface area is 198 Å². The van der Waals surface area contributed by atoms with Gasteiger partial charge in [-0.25, -0.2) is 9.37 Å². The van der Waals surface area contributed by atoms with Gasteiger partial charge in [-0.2, -0.15) is 13.2 Å². The molecule has 35 heavy (non-hydrogen) atoms. The van der Waals surface area contributed by atoms with Gasteiger partial charge in [0.25, 0.3) is 5.91 Å². The van der Waals surface area contributed by atoms with Crippen LogP contribution in [0.1, 0.15) is 21.6 Å². The topological polar surface area (TPSA) is 64.9 Å². The molecule has 0 radical (unpaired) electrons. The molecule has 1 N–H and O–H groups in total. The number of imidazole rings is 1. The highest BCUT2D eigenvalue weighted by Gasteiger charge is 2.35. The Morgan fingerprint density at radius 1 is 1.09 bits per heavy atom. The van der Waals surface area contributed by atoms with Gasteiger partial charge >= 0.3 is 6.18 Å². The quantitative estimate of drug-likeness (QED) is 0.261. The number of benzene rings is 2. The summed E-state index contributed by atoms with van der Waals surface area (Å²) in [4.78, 5) is 17.4. The van der Waals surface area contributed by atoms with Crippen LogP contribution >= 0.6 is 0 Å². The number of nitrogens with zero attached hydrogens (tertiary/aromatic N) is 2. The third kappa shape index (κ3) is 5.67. The summed E-state index contributed by atoms with van der Waals surface area (Å²) in [5, 5.41) is 2.40. The van der Waals surface area contributed by atoms with Crippen LogP contribution < -0.4 is 5.32 Å². The van der Waals surface area contributed by atoms with E-state index < -0.39 is 29.0 Å². The largest absolute Gasteiger partial charge is 0.417 e. The summed E-state index contributed by atoms with van der Waals surface area (Å²) in [6.45, 7) is 1.07. The predicted octanol–water partition coefficient (Wildman–Crippen LogP) is 5.57. The van der Waals surface area contributed by atoms with E-state index in [1.807, 2.05) is 0 Å². The van der Waals surface area contributed by atoms with Crippen molar-refractivity contribution in [3.63, 3.8) is 0 Å². The Balaban J connectivity index is 1.70. The standard InChI is InChI=1S/C25H21F4N3O3/c1-34-11-12-35-15-19-14-32-10-2-3-20(23(32)30-19)16-4-9-22(25(27,28)29)21(13-16)24(33)31-18-7-5-17(26)6-8-18/h2-10,13-14H,11-12,15H2,1H3,(H,31,33). The number of hydrogen-bond acceptors (Lipinski definition) is 4. The molecule has 0 aliphatic heterocycles. The summed E-state index contributed by atoms with van der Waals surface area (Å²) in [7, 11) is 1.57. The highest BCUT2D eigenvalue weighted by Crippen LogP contribution is 2.35. The first-order valence-corrected chi connectivity index (χ1v) is 10.6. The Morgan fingerprint density at radius 2 is 1.86 bits per heavy atom. The zero-order valence-electron chi connectivity index (χ0n) is 18.6. The summed E-state index contributed by atoms with van der Waals surface area (Å²) >= 11 is 0. The minimum absolute atomic E-state index is 0.170. The van der Waals surface area contributed by atoms with Crippen LogP contribution in [0.2, 0.25) is 0 Å². The van der Waals surface area contributed by atoms with Gasteiger partial charge in [-0.1, -0.05) is 6.07 Å². The van der Waals surface area contributed by atoms with Crippen molar-refractivity contribution in [2.75, 3.05) is 25.6 Å². The van der Waals surface area contributed by atoms with E-state index in [1.54, 1.807) is 36.0 Å². The lowest BCUT2D eigenvalue weighted by Gasteiger charge is -2.15. The molecule has 0 saturated carbocycles. The fraction of sp³-hybridized carbons (Fsp3) is 0.200. The molecule has 10 heteroatoms. The Kier molecular flexibility index (Phi) is 7.13. The van der Waals surface area contributed by atoms with Gasteiger partial charge in [0.15, 0.2) is 0 Å². The van der Waals surface area contributed by atoms with Crippen molar-refractivity contribution in [2.45, 2.75) is 12.8 Å². The fourth-order valence-electron chi connectivity index (χ4n) is 3.56. The van der Waals surface area contributed by atoms with Crippen molar-refractivity contribution in [3.05, 3.63) is 89.6 Å². The smallest absolute Gasteiger partial charge is 0.382 e. The Hall–Kier alpha value is -3.76. The van der Waals surface area contributed by atoms with E-state index in [0.717, 1.165) is 18.2 Å². The molecule has 1 amide bonds. The maximum absolute atomic E-state index is 13.7. The van der Waals surface area contributed by atoms with Gasteiger partial charge in [-0.3, -0.25) is 4.79 Å². The van der Waals surface area contributed by atoms with Gasteiger partial charge in [0, 0.05) is 30.8 Å². The minimum Gasteiger partial charge on any atom is -0.382 e. The second kappa shape index (κ2) is 10.2. The van der Waals surface area contributed by atoms with E-state index in [4.69, 9.17) is 9.47 Å². The third-order valence-corrected chi connectivity index (χ3v) is 5.20. The first kappa shape index (κ1) is 24.4. The lowest BCUT2D eigenvalue weighted by Crippen LogP contribution is -2.19. The van der Waals surface area contributed by atoms with E-state index in [-0.39, 0.29) is 12.3 Å². The van der Waals surface area contributed by atoms with Crippen LogP contribution in [0.4, 0.5) is 23.2 Å². The first-order chi connectivity index (χ1) is 16.8. The summed E-state index contributed by atoms with van der Waals surface area (Å²) in [6, 6.07) is 11.5. The summed E-state index contributed by atoms with van der Waals surface area (Å²) in [5.41, 5.74) is 0.588. The molecule has 0 aliphatic carbocycles. The first-order valence-electron chi connectivity index (χ1n) is 10.6. The zero-order valence-corrected chi connectivity index (χ0v) is 18.6. The van der Waals surface area contributed by atoms with Gasteiger partial charge < -0.3 is 19.2 Å². The van der Waals surface area contributed by atoms with Gasteiger partial charge in [0.2, 0.25) is 0 Å². The van der Waals surface area contributed by atoms with E-state index >= 15 is 0 Å². The second-order valence-corrected chi connectivity index (χ2v) is 7.65. The number of pyridine rings is 1. The number of fused-ring (bicyclic) bond motifs is 1. The van der Waals surface area contributed by atoms with Crippen LogP contribution in [0.3, 0.4) is 0 Å². The number of anilines is 1. The molecular weight excluding hydrogens is 466 g/mol. The van der Waals surface area contributed by atoms with E-state index in [2.05, 4.69) is 10.3 Å². The van der Waals surface area contributed by atoms with E-state index in [0.29, 0.717) is 35.7 Å². The van der Waals surface area contributed by atoms with Gasteiger partial charge in [-0.15, -0.1) is 0 Å². The number of rotatable bonds is 8. The lowest BCUT2D eigenvalue weighted by molar-refractivity contribution is -0.137. The number of carbonyl (C=O) groups excluding carboxylic acids is 1. The van der Waals surface area contributed by atoms with E-state index in [9.17, 15) is 22.4 Å². The number of aromatic nitrogens is 2. The fourth-order valence-corrected chi connectivity index (χ4v) is 3.56. The second-order valence-electron chi connectivity index (χ2n) is 7.65. The molecule has 182 valence electrons. The maximum Gasteiger partial charge on any atom is 0.417 e. The molecule has 0 aliphatic rings. The van der Waals surface area contributed by atoms with Crippen molar-refractivity contribution in [3.8, 4) is 11.1 Å². The Bertz CT molecular complexity index is 1330. The highest BCUT2D eigenvalue weighted by atomic mass is 19.4. The predicted molar refractivity (Wildman–Crippen MR) is 122 cm³/mol. The van der Waals surface area contributed by atoms with Crippen LogP contribution in [0.25, 0.3) is 16.8 Å². The summed E-state index contributed by atoms with van der Waals surface area (Å²) in [6.07, 6.45) is -1.23. The zero-order chi connectivity index (χ0) is 25.0. The number of alkyl halides is 3. The molecule has 2 heterocycles. The van der Waals surface area contributed by atoms with Crippen LogP contribution in [0, 0.1) is 5.82 Å². The number of hydrogen-bond donors (Lipinski definition) is 1. The molecule has 4 rings (SSSR count). The number of ether oxygens (including phenoxy) is 2. The van der Waals surface area contributed by atoms with Crippen LogP contribution in [-0.4, -0.2) is 35.6 Å². The molecule has 0 atom stereocenters. The molecule has 2 aromatic carbocycles.